The van der Waals surface area contributed by atoms with Gasteiger partial charge in [0.05, 0.1) is 5.41 Å². The Morgan fingerprint density at radius 3 is 1.91 bits per heavy atom. The molecule has 0 radical (unpaired) electrons. The van der Waals surface area contributed by atoms with Gasteiger partial charge in [-0.15, -0.1) is 0 Å². The molecule has 1 heterocycles. The Bertz CT molecular complexity index is 741. The molecule has 2 rings (SSSR count). The van der Waals surface area contributed by atoms with Gasteiger partial charge in [-0.25, -0.2) is 16.8 Å². The van der Waals surface area contributed by atoms with E-state index in [9.17, 15) is 34.8 Å². The number of sulfonamides is 2. The summed E-state index contributed by atoms with van der Waals surface area (Å²) in [5, 5.41) is 0. The van der Waals surface area contributed by atoms with Gasteiger partial charge in [-0.2, -0.15) is 13.2 Å². The molecular weight excluding hydrogens is 351 g/mol. The SMILES string of the molecule is CC12CCC(S(=O)(=O)NS(=O)(=O)C(F)(F)F)(OC1=O)C2(C)C. The van der Waals surface area contributed by atoms with E-state index in [1.54, 1.807) is 0 Å². The average molecular weight is 365 g/mol. The second-order valence-corrected chi connectivity index (χ2v) is 9.94. The Morgan fingerprint density at radius 1 is 1.09 bits per heavy atom. The van der Waals surface area contributed by atoms with Gasteiger partial charge < -0.3 is 4.74 Å². The molecule has 1 N–H and O–H groups in total. The van der Waals surface area contributed by atoms with Crippen molar-refractivity contribution in [2.75, 3.05) is 0 Å². The first-order chi connectivity index (χ1) is 9.54. The van der Waals surface area contributed by atoms with E-state index >= 15 is 0 Å². The third-order valence-corrected chi connectivity index (χ3v) is 8.98. The molecule has 2 fully saturated rings. The third-order valence-electron chi connectivity index (χ3n) is 4.95. The van der Waals surface area contributed by atoms with Crippen LogP contribution >= 0.6 is 0 Å². The van der Waals surface area contributed by atoms with Crippen LogP contribution in [0.25, 0.3) is 0 Å². The lowest BCUT2D eigenvalue weighted by Gasteiger charge is -2.35. The summed E-state index contributed by atoms with van der Waals surface area (Å²) in [5.74, 6) is -0.876. The van der Waals surface area contributed by atoms with Gasteiger partial charge in [-0.05, 0) is 13.3 Å². The van der Waals surface area contributed by atoms with Gasteiger partial charge in [-0.1, -0.05) is 18.0 Å². The van der Waals surface area contributed by atoms with E-state index in [0.717, 1.165) is 0 Å². The fourth-order valence-corrected chi connectivity index (χ4v) is 6.57. The van der Waals surface area contributed by atoms with Crippen molar-refractivity contribution >= 4 is 26.0 Å². The minimum absolute atomic E-state index is 0.0613. The highest BCUT2D eigenvalue weighted by Crippen LogP contribution is 2.67. The molecule has 2 unspecified atom stereocenters. The van der Waals surface area contributed by atoms with Crippen LogP contribution in [0.1, 0.15) is 33.6 Å². The molecule has 128 valence electrons. The van der Waals surface area contributed by atoms with Crippen LogP contribution < -0.4 is 4.13 Å². The summed E-state index contributed by atoms with van der Waals surface area (Å²) in [4.78, 5) is 9.54. The summed E-state index contributed by atoms with van der Waals surface area (Å²) in [6.07, 6.45) is -0.225. The number of carbonyl (C=O) groups is 1. The first kappa shape index (κ1) is 17.5. The highest BCUT2D eigenvalue weighted by molar-refractivity contribution is 8.05. The fraction of sp³-hybridized carbons (Fsp3) is 0.900. The molecule has 0 aromatic rings. The monoisotopic (exact) mass is 365 g/mol. The molecule has 0 aromatic carbocycles. The molecule has 1 aliphatic heterocycles. The van der Waals surface area contributed by atoms with Gasteiger partial charge in [-0.3, -0.25) is 4.79 Å². The van der Waals surface area contributed by atoms with Crippen LogP contribution in [0.2, 0.25) is 0 Å². The van der Waals surface area contributed by atoms with Crippen molar-refractivity contribution in [3.63, 3.8) is 0 Å². The van der Waals surface area contributed by atoms with Crippen LogP contribution in [0.3, 0.4) is 0 Å². The van der Waals surface area contributed by atoms with E-state index in [4.69, 9.17) is 4.74 Å². The number of halogens is 3. The van der Waals surface area contributed by atoms with Crippen molar-refractivity contribution in [1.82, 2.24) is 4.13 Å². The first-order valence-corrected chi connectivity index (χ1v) is 9.09. The molecular formula is C10H14F3NO6S2. The van der Waals surface area contributed by atoms with Gasteiger partial charge in [0.1, 0.15) is 0 Å². The number of fused-ring (bicyclic) bond motifs is 2. The van der Waals surface area contributed by atoms with E-state index in [1.807, 2.05) is 0 Å². The van der Waals surface area contributed by atoms with Crippen molar-refractivity contribution in [3.05, 3.63) is 0 Å². The molecule has 2 atom stereocenters. The fourth-order valence-electron chi connectivity index (χ4n) is 3.04. The lowest BCUT2D eigenvalue weighted by Crippen LogP contribution is -2.55. The Hall–Kier alpha value is -0.880. The van der Waals surface area contributed by atoms with Gasteiger partial charge in [0.15, 0.2) is 0 Å². The normalized spacial score (nSPS) is 34.7. The van der Waals surface area contributed by atoms with Gasteiger partial charge in [0, 0.05) is 11.8 Å². The Labute approximate surface area is 125 Å². The van der Waals surface area contributed by atoms with Crippen LogP contribution in [0.4, 0.5) is 13.2 Å². The van der Waals surface area contributed by atoms with E-state index in [-0.39, 0.29) is 12.8 Å². The van der Waals surface area contributed by atoms with Gasteiger partial charge in [0.25, 0.3) is 10.0 Å². The lowest BCUT2D eigenvalue weighted by molar-refractivity contribution is -0.154. The zero-order valence-corrected chi connectivity index (χ0v) is 13.4. The van der Waals surface area contributed by atoms with Crippen molar-refractivity contribution in [2.45, 2.75) is 44.1 Å². The summed E-state index contributed by atoms with van der Waals surface area (Å²) in [6, 6.07) is 0. The molecule has 2 bridgehead atoms. The second-order valence-electron chi connectivity index (χ2n) is 6.14. The topological polar surface area (TPSA) is 107 Å². The van der Waals surface area contributed by atoms with Gasteiger partial charge in [0.2, 0.25) is 4.93 Å². The Kier molecular flexibility index (Phi) is 3.29. The molecule has 1 aliphatic carbocycles. The predicted molar refractivity (Wildman–Crippen MR) is 67.0 cm³/mol. The number of rotatable bonds is 3. The summed E-state index contributed by atoms with van der Waals surface area (Å²) < 4.78 is 89.6. The standard InChI is InChI=1S/C10H14F3NO6S2/c1-7(2)8(3)4-5-9(7,20-6(8)15)21(16,17)14-22(18,19)10(11,12)13/h14H,4-5H2,1-3H3. The number of nitrogens with one attached hydrogen (secondary N) is 1. The third kappa shape index (κ3) is 1.80. The van der Waals surface area contributed by atoms with Crippen LogP contribution in [0, 0.1) is 10.8 Å². The minimum atomic E-state index is -6.14. The zero-order chi connectivity index (χ0) is 17.4. The predicted octanol–water partition coefficient (Wildman–Crippen LogP) is 0.835. The van der Waals surface area contributed by atoms with Crippen molar-refractivity contribution in [3.8, 4) is 0 Å². The highest BCUT2D eigenvalue weighted by atomic mass is 32.3. The zero-order valence-electron chi connectivity index (χ0n) is 11.8. The van der Waals surface area contributed by atoms with Crippen LogP contribution in [0.15, 0.2) is 0 Å². The molecule has 0 amide bonds. The molecule has 1 saturated heterocycles. The first-order valence-electron chi connectivity index (χ1n) is 6.12. The molecule has 7 nitrogen and oxygen atoms in total. The Morgan fingerprint density at radius 2 is 1.59 bits per heavy atom. The number of ether oxygens (including phenoxy) is 1. The van der Waals surface area contributed by atoms with Crippen LogP contribution in [-0.4, -0.2) is 33.2 Å². The maximum Gasteiger partial charge on any atom is 0.512 e. The summed E-state index contributed by atoms with van der Waals surface area (Å²) >= 11 is 0. The number of hydrogen-bond donors (Lipinski definition) is 1. The highest BCUT2D eigenvalue weighted by Gasteiger charge is 2.78. The summed E-state index contributed by atoms with van der Waals surface area (Å²) in [6.45, 7) is 4.15. The van der Waals surface area contributed by atoms with E-state index in [1.165, 1.54) is 20.8 Å². The van der Waals surface area contributed by atoms with Crippen molar-refractivity contribution in [2.24, 2.45) is 10.8 Å². The van der Waals surface area contributed by atoms with Gasteiger partial charge >= 0.3 is 21.5 Å². The Balaban J connectivity index is 2.55. The molecule has 22 heavy (non-hydrogen) atoms. The van der Waals surface area contributed by atoms with E-state index in [0.29, 0.717) is 4.13 Å². The molecule has 0 aromatic heterocycles. The number of esters is 1. The second kappa shape index (κ2) is 4.15. The molecule has 12 heteroatoms. The largest absolute Gasteiger partial charge is 0.512 e. The van der Waals surface area contributed by atoms with E-state index in [2.05, 4.69) is 0 Å². The lowest BCUT2D eigenvalue weighted by atomic mass is 9.70. The quantitative estimate of drug-likeness (QED) is 0.743. The molecule has 0 spiro atoms. The maximum absolute atomic E-state index is 12.4. The smallest absolute Gasteiger partial charge is 0.440 e. The maximum atomic E-state index is 12.4. The number of carbonyl (C=O) groups excluding carboxylic acids is 1. The van der Waals surface area contributed by atoms with Crippen LogP contribution in [0.5, 0.6) is 0 Å². The van der Waals surface area contributed by atoms with Crippen LogP contribution in [-0.2, 0) is 29.6 Å². The minimum Gasteiger partial charge on any atom is -0.440 e. The summed E-state index contributed by atoms with van der Waals surface area (Å²) in [5.41, 5.74) is -8.42. The number of alkyl halides is 3. The summed E-state index contributed by atoms with van der Waals surface area (Å²) in [7, 11) is -11.3. The molecule has 1 saturated carbocycles. The molecule has 2 aliphatic rings. The van der Waals surface area contributed by atoms with E-state index < -0.39 is 47.3 Å². The number of hydrogen-bond acceptors (Lipinski definition) is 6. The van der Waals surface area contributed by atoms with Crippen molar-refractivity contribution in [1.29, 1.82) is 0 Å². The van der Waals surface area contributed by atoms with Crippen molar-refractivity contribution < 1.29 is 39.5 Å². The average Bonchev–Trinajstić information content (AvgIpc) is 2.56.